The molecule has 0 amide bonds. The Morgan fingerprint density at radius 2 is 1.60 bits per heavy atom. The molecule has 0 aromatic heterocycles. The lowest BCUT2D eigenvalue weighted by molar-refractivity contribution is 1.18. The van der Waals surface area contributed by atoms with E-state index in [1.54, 1.807) is 0 Å². The number of hydrogen-bond acceptors (Lipinski definition) is 1. The Labute approximate surface area is 119 Å². The molecular formula is C19H15N. The van der Waals surface area contributed by atoms with E-state index in [0.717, 1.165) is 6.42 Å². The number of allylic oxidation sites excluding steroid dienone is 4. The Morgan fingerprint density at radius 3 is 2.60 bits per heavy atom. The third-order valence-corrected chi connectivity index (χ3v) is 3.96. The second-order valence-corrected chi connectivity index (χ2v) is 5.13. The number of fused-ring (bicyclic) bond motifs is 3. The van der Waals surface area contributed by atoms with E-state index in [1.807, 2.05) is 18.4 Å². The molecule has 1 N–H and O–H groups in total. The molecule has 1 heteroatoms. The first kappa shape index (κ1) is 11.3. The first-order valence-corrected chi connectivity index (χ1v) is 6.94. The van der Waals surface area contributed by atoms with Gasteiger partial charge in [0.2, 0.25) is 0 Å². The average Bonchev–Trinajstić information content (AvgIpc) is 2.68. The van der Waals surface area contributed by atoms with Crippen molar-refractivity contribution in [1.29, 1.82) is 0 Å². The summed E-state index contributed by atoms with van der Waals surface area (Å²) in [6.45, 7) is 0. The van der Waals surface area contributed by atoms with Crippen LogP contribution < -0.4 is 5.32 Å². The third kappa shape index (κ3) is 1.71. The molecule has 2 aromatic rings. The summed E-state index contributed by atoms with van der Waals surface area (Å²) < 4.78 is 0. The lowest BCUT2D eigenvalue weighted by Crippen LogP contribution is -2.05. The van der Waals surface area contributed by atoms with Crippen LogP contribution in [-0.2, 0) is 6.42 Å². The number of rotatable bonds is 1. The molecule has 0 saturated heterocycles. The van der Waals surface area contributed by atoms with Gasteiger partial charge in [0.1, 0.15) is 0 Å². The van der Waals surface area contributed by atoms with Gasteiger partial charge in [0.05, 0.1) is 0 Å². The predicted molar refractivity (Wildman–Crippen MR) is 84.1 cm³/mol. The SMILES string of the molecule is C1=CC=C(c2cccc3c2Cc2ccccc2-3)NC=C1. The molecule has 0 bridgehead atoms. The molecule has 1 aliphatic carbocycles. The summed E-state index contributed by atoms with van der Waals surface area (Å²) in [5, 5.41) is 3.37. The zero-order valence-corrected chi connectivity index (χ0v) is 11.1. The molecule has 2 aliphatic rings. The fourth-order valence-corrected chi connectivity index (χ4v) is 3.03. The van der Waals surface area contributed by atoms with Gasteiger partial charge in [0.15, 0.2) is 0 Å². The molecule has 4 rings (SSSR count). The largest absolute Gasteiger partial charge is 0.361 e. The van der Waals surface area contributed by atoms with Gasteiger partial charge in [0.25, 0.3) is 0 Å². The normalized spacial score (nSPS) is 15.1. The van der Waals surface area contributed by atoms with Crippen LogP contribution in [0.3, 0.4) is 0 Å². The summed E-state index contributed by atoms with van der Waals surface area (Å²) in [7, 11) is 0. The molecule has 1 aliphatic heterocycles. The lowest BCUT2D eigenvalue weighted by atomic mass is 9.99. The van der Waals surface area contributed by atoms with Gasteiger partial charge >= 0.3 is 0 Å². The molecule has 1 nitrogen and oxygen atoms in total. The second-order valence-electron chi connectivity index (χ2n) is 5.13. The van der Waals surface area contributed by atoms with Crippen molar-refractivity contribution < 1.29 is 0 Å². The van der Waals surface area contributed by atoms with Gasteiger partial charge in [-0.25, -0.2) is 0 Å². The van der Waals surface area contributed by atoms with Crippen molar-refractivity contribution in [2.75, 3.05) is 0 Å². The molecule has 0 radical (unpaired) electrons. The van der Waals surface area contributed by atoms with E-state index in [2.05, 4.69) is 59.9 Å². The van der Waals surface area contributed by atoms with Crippen molar-refractivity contribution in [3.8, 4) is 11.1 Å². The van der Waals surface area contributed by atoms with E-state index in [1.165, 1.54) is 33.5 Å². The van der Waals surface area contributed by atoms with Crippen molar-refractivity contribution in [3.63, 3.8) is 0 Å². The molecule has 0 spiro atoms. The lowest BCUT2D eigenvalue weighted by Gasteiger charge is -2.12. The van der Waals surface area contributed by atoms with Crippen LogP contribution in [0.5, 0.6) is 0 Å². The first-order chi connectivity index (χ1) is 9.93. The highest BCUT2D eigenvalue weighted by Crippen LogP contribution is 2.39. The maximum Gasteiger partial charge on any atom is 0.0456 e. The zero-order valence-electron chi connectivity index (χ0n) is 11.1. The molecule has 0 saturated carbocycles. The molecular weight excluding hydrogens is 242 g/mol. The molecule has 0 atom stereocenters. The van der Waals surface area contributed by atoms with Crippen molar-refractivity contribution >= 4 is 5.70 Å². The Hall–Kier alpha value is -2.54. The highest BCUT2D eigenvalue weighted by atomic mass is 14.8. The summed E-state index contributed by atoms with van der Waals surface area (Å²) in [5.41, 5.74) is 8.07. The fourth-order valence-electron chi connectivity index (χ4n) is 3.03. The topological polar surface area (TPSA) is 12.0 Å². The fraction of sp³-hybridized carbons (Fsp3) is 0.0526. The Balaban J connectivity index is 1.87. The second kappa shape index (κ2) is 4.53. The predicted octanol–water partition coefficient (Wildman–Crippen LogP) is 4.27. The maximum absolute atomic E-state index is 3.37. The van der Waals surface area contributed by atoms with Crippen molar-refractivity contribution in [3.05, 3.63) is 89.7 Å². The van der Waals surface area contributed by atoms with E-state index in [-0.39, 0.29) is 0 Å². The average molecular weight is 257 g/mol. The standard InChI is InChI=1S/C19H15N/c1-2-11-19(20-12-5-1)17-10-6-9-16-15-8-4-3-7-14(15)13-18(16)17/h1-12,20H,13H2. The molecule has 20 heavy (non-hydrogen) atoms. The van der Waals surface area contributed by atoms with Gasteiger partial charge in [-0.15, -0.1) is 0 Å². The van der Waals surface area contributed by atoms with Crippen molar-refractivity contribution in [1.82, 2.24) is 5.32 Å². The van der Waals surface area contributed by atoms with Gasteiger partial charge in [-0.2, -0.15) is 0 Å². The van der Waals surface area contributed by atoms with Crippen LogP contribution in [0.15, 0.2) is 73.0 Å². The van der Waals surface area contributed by atoms with Gasteiger partial charge in [-0.3, -0.25) is 0 Å². The van der Waals surface area contributed by atoms with Crippen LogP contribution in [0.25, 0.3) is 16.8 Å². The summed E-state index contributed by atoms with van der Waals surface area (Å²) in [6, 6.07) is 15.3. The van der Waals surface area contributed by atoms with Crippen LogP contribution in [-0.4, -0.2) is 0 Å². The Bertz CT molecular complexity index is 763. The molecule has 0 unspecified atom stereocenters. The van der Waals surface area contributed by atoms with Crippen molar-refractivity contribution in [2.45, 2.75) is 6.42 Å². The number of hydrogen-bond donors (Lipinski definition) is 1. The summed E-state index contributed by atoms with van der Waals surface area (Å²) >= 11 is 0. The van der Waals surface area contributed by atoms with Gasteiger partial charge in [-0.05, 0) is 40.8 Å². The van der Waals surface area contributed by atoms with Gasteiger partial charge < -0.3 is 5.32 Å². The Morgan fingerprint density at radius 1 is 0.750 bits per heavy atom. The summed E-state index contributed by atoms with van der Waals surface area (Å²) in [4.78, 5) is 0. The zero-order chi connectivity index (χ0) is 13.4. The van der Waals surface area contributed by atoms with Crippen LogP contribution in [0.1, 0.15) is 16.7 Å². The van der Waals surface area contributed by atoms with E-state index >= 15 is 0 Å². The number of nitrogens with one attached hydrogen (secondary N) is 1. The maximum atomic E-state index is 3.37. The van der Waals surface area contributed by atoms with Crippen LogP contribution in [0.4, 0.5) is 0 Å². The quantitative estimate of drug-likeness (QED) is 0.686. The van der Waals surface area contributed by atoms with E-state index in [0.29, 0.717) is 0 Å². The summed E-state index contributed by atoms with van der Waals surface area (Å²) in [5.74, 6) is 0. The van der Waals surface area contributed by atoms with E-state index in [4.69, 9.17) is 0 Å². The van der Waals surface area contributed by atoms with E-state index < -0.39 is 0 Å². The minimum atomic E-state index is 1.02. The van der Waals surface area contributed by atoms with Gasteiger partial charge in [0, 0.05) is 17.5 Å². The van der Waals surface area contributed by atoms with Crippen LogP contribution in [0, 0.1) is 0 Å². The van der Waals surface area contributed by atoms with Gasteiger partial charge in [-0.1, -0.05) is 54.6 Å². The van der Waals surface area contributed by atoms with Crippen LogP contribution in [0.2, 0.25) is 0 Å². The molecule has 2 aromatic carbocycles. The highest BCUT2D eigenvalue weighted by Gasteiger charge is 2.21. The van der Waals surface area contributed by atoms with Crippen LogP contribution >= 0.6 is 0 Å². The third-order valence-electron chi connectivity index (χ3n) is 3.96. The Kier molecular flexibility index (Phi) is 2.56. The van der Waals surface area contributed by atoms with E-state index in [9.17, 15) is 0 Å². The number of benzene rings is 2. The highest BCUT2D eigenvalue weighted by molar-refractivity contribution is 5.83. The summed E-state index contributed by atoms with van der Waals surface area (Å²) in [6.07, 6.45) is 11.3. The van der Waals surface area contributed by atoms with Crippen molar-refractivity contribution in [2.24, 2.45) is 0 Å². The first-order valence-electron chi connectivity index (χ1n) is 6.94. The molecule has 1 heterocycles. The minimum absolute atomic E-state index is 1.02. The monoisotopic (exact) mass is 257 g/mol. The smallest absolute Gasteiger partial charge is 0.0456 e. The minimum Gasteiger partial charge on any atom is -0.361 e. The molecule has 0 fully saturated rings. The molecule has 96 valence electrons.